The number of ether oxygens (including phenoxy) is 2. The van der Waals surface area contributed by atoms with Gasteiger partial charge < -0.3 is 14.5 Å². The van der Waals surface area contributed by atoms with Crippen LogP contribution in [0, 0.1) is 0 Å². The highest BCUT2D eigenvalue weighted by Gasteiger charge is 2.33. The van der Waals surface area contributed by atoms with Crippen LogP contribution >= 0.6 is 0 Å². The maximum absolute atomic E-state index is 11.5. The van der Waals surface area contributed by atoms with Crippen molar-refractivity contribution in [1.82, 2.24) is 25.0 Å². The van der Waals surface area contributed by atoms with Crippen LogP contribution in [0.15, 0.2) is 11.1 Å². The van der Waals surface area contributed by atoms with E-state index in [1.165, 1.54) is 6.33 Å². The van der Waals surface area contributed by atoms with Crippen molar-refractivity contribution in [1.29, 1.82) is 0 Å². The molecule has 0 spiro atoms. The van der Waals surface area contributed by atoms with Gasteiger partial charge in [-0.05, 0) is 13.8 Å². The van der Waals surface area contributed by atoms with E-state index in [1.54, 1.807) is 4.68 Å². The zero-order valence-corrected chi connectivity index (χ0v) is 10.1. The second-order valence-electron chi connectivity index (χ2n) is 4.63. The van der Waals surface area contributed by atoms with Gasteiger partial charge in [0.05, 0.1) is 19.5 Å². The average Bonchev–Trinajstić information content (AvgIpc) is 2.85. The van der Waals surface area contributed by atoms with Crippen LogP contribution in [0.25, 0.3) is 11.2 Å². The number of nitrogens with zero attached hydrogens (tertiary/aromatic N) is 4. The number of hydrogen-bond donors (Lipinski definition) is 1. The van der Waals surface area contributed by atoms with E-state index in [-0.39, 0.29) is 17.2 Å². The number of hydrogen-bond acceptors (Lipinski definition) is 6. The highest BCUT2D eigenvalue weighted by molar-refractivity contribution is 5.67. The molecule has 1 saturated heterocycles. The van der Waals surface area contributed by atoms with Gasteiger partial charge in [-0.15, -0.1) is 5.10 Å². The summed E-state index contributed by atoms with van der Waals surface area (Å²) < 4.78 is 12.7. The van der Waals surface area contributed by atoms with Crippen molar-refractivity contribution in [2.75, 3.05) is 6.61 Å². The van der Waals surface area contributed by atoms with Crippen LogP contribution in [0.4, 0.5) is 0 Å². The van der Waals surface area contributed by atoms with E-state index in [1.807, 2.05) is 13.8 Å². The van der Waals surface area contributed by atoms with Crippen molar-refractivity contribution in [3.05, 3.63) is 16.7 Å². The third-order valence-electron chi connectivity index (χ3n) is 2.75. The van der Waals surface area contributed by atoms with Gasteiger partial charge in [-0.1, -0.05) is 5.21 Å². The standard InChI is InChI=1S/C10H13N5O3/c1-10(2)17-4-6(18-10)3-15-8-7(13-14-15)9(16)12-5-11-8/h5-6H,3-4H2,1-2H3,(H,11,12,16)/t6-/m0/s1. The first-order valence-electron chi connectivity index (χ1n) is 5.64. The van der Waals surface area contributed by atoms with E-state index < -0.39 is 5.79 Å². The number of H-pyrrole nitrogens is 1. The summed E-state index contributed by atoms with van der Waals surface area (Å²) in [5.74, 6) is -0.577. The van der Waals surface area contributed by atoms with Gasteiger partial charge in [0.15, 0.2) is 17.0 Å². The summed E-state index contributed by atoms with van der Waals surface area (Å²) in [6.45, 7) is 4.65. The lowest BCUT2D eigenvalue weighted by Gasteiger charge is -2.16. The maximum Gasteiger partial charge on any atom is 0.280 e. The SMILES string of the molecule is CC1(C)OC[C@H](Cn2nnc3c(=O)[nH]cnc32)O1. The first-order valence-corrected chi connectivity index (χ1v) is 5.64. The van der Waals surface area contributed by atoms with E-state index in [9.17, 15) is 4.79 Å². The maximum atomic E-state index is 11.5. The van der Waals surface area contributed by atoms with Crippen molar-refractivity contribution in [2.24, 2.45) is 0 Å². The fourth-order valence-electron chi connectivity index (χ4n) is 1.97. The summed E-state index contributed by atoms with van der Waals surface area (Å²) >= 11 is 0. The van der Waals surface area contributed by atoms with Gasteiger partial charge in [-0.25, -0.2) is 9.67 Å². The fourth-order valence-corrected chi connectivity index (χ4v) is 1.97. The topological polar surface area (TPSA) is 94.9 Å². The number of aromatic nitrogens is 5. The molecule has 0 saturated carbocycles. The van der Waals surface area contributed by atoms with Crippen molar-refractivity contribution in [2.45, 2.75) is 32.3 Å². The monoisotopic (exact) mass is 251 g/mol. The lowest BCUT2D eigenvalue weighted by Crippen LogP contribution is -2.24. The van der Waals surface area contributed by atoms with Gasteiger partial charge in [-0.2, -0.15) is 0 Å². The Morgan fingerprint density at radius 3 is 3.17 bits per heavy atom. The highest BCUT2D eigenvalue weighted by atomic mass is 16.7. The van der Waals surface area contributed by atoms with Gasteiger partial charge in [0.1, 0.15) is 6.10 Å². The van der Waals surface area contributed by atoms with Crippen molar-refractivity contribution >= 4 is 11.2 Å². The zero-order valence-electron chi connectivity index (χ0n) is 10.1. The third-order valence-corrected chi connectivity index (χ3v) is 2.75. The summed E-state index contributed by atoms with van der Waals surface area (Å²) in [5.41, 5.74) is 0.387. The van der Waals surface area contributed by atoms with Crippen LogP contribution in [-0.2, 0) is 16.0 Å². The Bertz CT molecular complexity index is 632. The van der Waals surface area contributed by atoms with E-state index in [4.69, 9.17) is 9.47 Å². The fraction of sp³-hybridized carbons (Fsp3) is 0.600. The second-order valence-corrected chi connectivity index (χ2v) is 4.63. The minimum Gasteiger partial charge on any atom is -0.348 e. The van der Waals surface area contributed by atoms with Gasteiger partial charge in [0.2, 0.25) is 0 Å². The molecule has 96 valence electrons. The normalized spacial score (nSPS) is 22.7. The molecule has 1 fully saturated rings. The van der Waals surface area contributed by atoms with Crippen LogP contribution in [0.3, 0.4) is 0 Å². The molecule has 0 bridgehead atoms. The first kappa shape index (κ1) is 11.3. The summed E-state index contributed by atoms with van der Waals surface area (Å²) in [5, 5.41) is 7.72. The predicted molar refractivity (Wildman–Crippen MR) is 60.8 cm³/mol. The van der Waals surface area contributed by atoms with Gasteiger partial charge in [-0.3, -0.25) is 4.79 Å². The van der Waals surface area contributed by atoms with E-state index in [0.29, 0.717) is 18.8 Å². The molecule has 2 aromatic rings. The molecular weight excluding hydrogens is 238 g/mol. The van der Waals surface area contributed by atoms with Crippen molar-refractivity contribution in [3.8, 4) is 0 Å². The molecule has 0 aromatic carbocycles. The lowest BCUT2D eigenvalue weighted by atomic mass is 10.3. The molecule has 3 heterocycles. The van der Waals surface area contributed by atoms with E-state index in [2.05, 4.69) is 20.3 Å². The second kappa shape index (κ2) is 3.85. The molecule has 0 aliphatic carbocycles. The van der Waals surface area contributed by atoms with Crippen LogP contribution in [0.5, 0.6) is 0 Å². The summed E-state index contributed by atoms with van der Waals surface area (Å²) in [6, 6.07) is 0. The Hall–Kier alpha value is -1.80. The molecule has 0 radical (unpaired) electrons. The van der Waals surface area contributed by atoms with Crippen LogP contribution in [-0.4, -0.2) is 43.5 Å². The molecule has 8 nitrogen and oxygen atoms in total. The molecular formula is C10H13N5O3. The van der Waals surface area contributed by atoms with E-state index >= 15 is 0 Å². The highest BCUT2D eigenvalue weighted by Crippen LogP contribution is 2.23. The lowest BCUT2D eigenvalue weighted by molar-refractivity contribution is -0.139. The summed E-state index contributed by atoms with van der Waals surface area (Å²) in [4.78, 5) is 18.0. The Balaban J connectivity index is 1.88. The quantitative estimate of drug-likeness (QED) is 0.785. The number of nitrogens with one attached hydrogen (secondary N) is 1. The molecule has 1 aliphatic heterocycles. The molecule has 18 heavy (non-hydrogen) atoms. The molecule has 0 amide bonds. The number of aromatic amines is 1. The van der Waals surface area contributed by atoms with E-state index in [0.717, 1.165) is 0 Å². The molecule has 8 heteroatoms. The molecule has 3 rings (SSSR count). The van der Waals surface area contributed by atoms with Crippen LogP contribution in [0.2, 0.25) is 0 Å². The predicted octanol–water partition coefficient (Wildman–Crippen LogP) is -0.334. The third kappa shape index (κ3) is 1.89. The summed E-state index contributed by atoms with van der Waals surface area (Å²) in [6.07, 6.45) is 1.21. The van der Waals surface area contributed by atoms with Crippen LogP contribution < -0.4 is 5.56 Å². The van der Waals surface area contributed by atoms with Gasteiger partial charge in [0.25, 0.3) is 5.56 Å². The minimum absolute atomic E-state index is 0.119. The number of rotatable bonds is 2. The Labute approximate surface area is 102 Å². The Kier molecular flexibility index (Phi) is 2.42. The van der Waals surface area contributed by atoms with Crippen molar-refractivity contribution < 1.29 is 9.47 Å². The smallest absolute Gasteiger partial charge is 0.280 e. The molecule has 1 N–H and O–H groups in total. The van der Waals surface area contributed by atoms with Crippen molar-refractivity contribution in [3.63, 3.8) is 0 Å². The van der Waals surface area contributed by atoms with Gasteiger partial charge in [0, 0.05) is 0 Å². The van der Waals surface area contributed by atoms with Gasteiger partial charge >= 0.3 is 0 Å². The molecule has 2 aromatic heterocycles. The number of fused-ring (bicyclic) bond motifs is 1. The Morgan fingerprint density at radius 1 is 1.61 bits per heavy atom. The summed E-state index contributed by atoms with van der Waals surface area (Å²) in [7, 11) is 0. The average molecular weight is 251 g/mol. The van der Waals surface area contributed by atoms with Crippen LogP contribution in [0.1, 0.15) is 13.8 Å². The Morgan fingerprint density at radius 2 is 2.44 bits per heavy atom. The zero-order chi connectivity index (χ0) is 12.8. The molecule has 1 aliphatic rings. The molecule has 1 atom stereocenters. The first-order chi connectivity index (χ1) is 8.55. The molecule has 0 unspecified atom stereocenters. The largest absolute Gasteiger partial charge is 0.348 e. The minimum atomic E-state index is -0.577.